The van der Waals surface area contributed by atoms with Gasteiger partial charge in [-0.25, -0.2) is 4.52 Å². The zero-order valence-electron chi connectivity index (χ0n) is 21.2. The van der Waals surface area contributed by atoms with Crippen LogP contribution in [0.2, 0.25) is 0 Å². The van der Waals surface area contributed by atoms with E-state index in [0.717, 1.165) is 54.1 Å². The van der Waals surface area contributed by atoms with E-state index in [0.29, 0.717) is 24.3 Å². The SMILES string of the molecule is CCN1CC[C@@H]1COc1cnn(C)c1-c1ccn2nc(NC(=O)[C@H]3C[C@H]3c3ccc(OC)nn3)cc2c1. The molecule has 0 spiro atoms. The molecule has 1 aliphatic heterocycles. The number of methoxy groups -OCH3 is 1. The third-order valence-corrected chi connectivity index (χ3v) is 7.37. The second kappa shape index (κ2) is 9.47. The number of carbonyl (C=O) groups is 1. The normalized spacial score (nSPS) is 21.0. The van der Waals surface area contributed by atoms with Gasteiger partial charge in [-0.3, -0.25) is 14.4 Å². The summed E-state index contributed by atoms with van der Waals surface area (Å²) in [6.07, 6.45) is 5.56. The van der Waals surface area contributed by atoms with Crippen molar-refractivity contribution in [2.45, 2.75) is 31.7 Å². The average Bonchev–Trinajstić information content (AvgIpc) is 3.47. The molecule has 6 rings (SSSR count). The number of amides is 1. The van der Waals surface area contributed by atoms with Crippen molar-refractivity contribution in [2.24, 2.45) is 13.0 Å². The van der Waals surface area contributed by atoms with Crippen LogP contribution in [0.4, 0.5) is 5.82 Å². The smallest absolute Gasteiger partial charge is 0.233 e. The highest BCUT2D eigenvalue weighted by Gasteiger charge is 2.45. The molecule has 1 aliphatic carbocycles. The summed E-state index contributed by atoms with van der Waals surface area (Å²) < 4.78 is 14.8. The van der Waals surface area contributed by atoms with Gasteiger partial charge >= 0.3 is 0 Å². The van der Waals surface area contributed by atoms with Crippen molar-refractivity contribution in [2.75, 3.05) is 32.1 Å². The molecule has 4 aromatic rings. The number of nitrogens with one attached hydrogen (secondary N) is 1. The number of hydrogen-bond donors (Lipinski definition) is 1. The van der Waals surface area contributed by atoms with Gasteiger partial charge in [-0.15, -0.1) is 5.10 Å². The molecule has 0 unspecified atom stereocenters. The van der Waals surface area contributed by atoms with Gasteiger partial charge in [-0.2, -0.15) is 15.3 Å². The molecule has 1 saturated carbocycles. The highest BCUT2D eigenvalue weighted by molar-refractivity contribution is 5.95. The van der Waals surface area contributed by atoms with Crippen LogP contribution in [0.5, 0.6) is 11.6 Å². The third-order valence-electron chi connectivity index (χ3n) is 7.37. The van der Waals surface area contributed by atoms with Gasteiger partial charge in [0.1, 0.15) is 12.3 Å². The van der Waals surface area contributed by atoms with Gasteiger partial charge in [0.15, 0.2) is 11.6 Å². The minimum atomic E-state index is -0.142. The monoisotopic (exact) mass is 502 g/mol. The molecule has 3 atom stereocenters. The Labute approximate surface area is 214 Å². The van der Waals surface area contributed by atoms with Gasteiger partial charge in [-0.1, -0.05) is 6.92 Å². The Balaban J connectivity index is 1.14. The summed E-state index contributed by atoms with van der Waals surface area (Å²) in [4.78, 5) is 15.3. The Morgan fingerprint density at radius 3 is 2.84 bits per heavy atom. The summed E-state index contributed by atoms with van der Waals surface area (Å²) in [5.74, 6) is 1.60. The summed E-state index contributed by atoms with van der Waals surface area (Å²) in [6.45, 7) is 5.01. The van der Waals surface area contributed by atoms with Crippen LogP contribution >= 0.6 is 0 Å². The second-order valence-electron chi connectivity index (χ2n) is 9.62. The molecule has 4 aromatic heterocycles. The lowest BCUT2D eigenvalue weighted by Gasteiger charge is -2.39. The van der Waals surface area contributed by atoms with E-state index >= 15 is 0 Å². The lowest BCUT2D eigenvalue weighted by Crippen LogP contribution is -2.50. The zero-order valence-corrected chi connectivity index (χ0v) is 21.2. The van der Waals surface area contributed by atoms with Gasteiger partial charge in [0, 0.05) is 55.4 Å². The van der Waals surface area contributed by atoms with Crippen LogP contribution in [0.15, 0.2) is 42.7 Å². The first-order valence-electron chi connectivity index (χ1n) is 12.6. The zero-order chi connectivity index (χ0) is 25.5. The number of ether oxygens (including phenoxy) is 2. The van der Waals surface area contributed by atoms with E-state index < -0.39 is 0 Å². The van der Waals surface area contributed by atoms with E-state index in [9.17, 15) is 4.79 Å². The van der Waals surface area contributed by atoms with E-state index in [1.54, 1.807) is 23.9 Å². The Kier molecular flexibility index (Phi) is 5.99. The molecular weight excluding hydrogens is 472 g/mol. The summed E-state index contributed by atoms with van der Waals surface area (Å²) in [5, 5.41) is 20.1. The average molecular weight is 503 g/mol. The first-order chi connectivity index (χ1) is 18.0. The number of rotatable bonds is 9. The lowest BCUT2D eigenvalue weighted by atomic mass is 10.0. The van der Waals surface area contributed by atoms with Crippen molar-refractivity contribution in [3.63, 3.8) is 0 Å². The molecule has 2 aliphatic rings. The van der Waals surface area contributed by atoms with Crippen LogP contribution in [0.25, 0.3) is 16.8 Å². The number of likely N-dealkylation sites (N-methyl/N-ethyl adjacent to an activating group) is 1. The summed E-state index contributed by atoms with van der Waals surface area (Å²) in [7, 11) is 3.46. The Morgan fingerprint density at radius 2 is 2.11 bits per heavy atom. The Morgan fingerprint density at radius 1 is 1.22 bits per heavy atom. The van der Waals surface area contributed by atoms with Crippen LogP contribution in [-0.2, 0) is 11.8 Å². The number of aryl methyl sites for hydroxylation is 1. The van der Waals surface area contributed by atoms with Crippen LogP contribution in [0, 0.1) is 5.92 Å². The molecule has 1 saturated heterocycles. The topological polar surface area (TPSA) is 112 Å². The van der Waals surface area contributed by atoms with Crippen molar-refractivity contribution in [3.8, 4) is 22.9 Å². The molecule has 11 nitrogen and oxygen atoms in total. The van der Waals surface area contributed by atoms with Gasteiger partial charge in [-0.05, 0) is 37.6 Å². The highest BCUT2D eigenvalue weighted by Crippen LogP contribution is 2.47. The van der Waals surface area contributed by atoms with Crippen LogP contribution in [0.1, 0.15) is 31.4 Å². The predicted octanol–water partition coefficient (Wildman–Crippen LogP) is 2.75. The number of pyridine rings is 1. The number of hydrogen-bond acceptors (Lipinski definition) is 8. The molecule has 5 heterocycles. The summed E-state index contributed by atoms with van der Waals surface area (Å²) in [5.41, 5.74) is 3.55. The van der Waals surface area contributed by atoms with Crippen molar-refractivity contribution >= 4 is 17.2 Å². The maximum absolute atomic E-state index is 12.8. The number of likely N-dealkylation sites (tertiary alicyclic amines) is 1. The van der Waals surface area contributed by atoms with Gasteiger partial charge in [0.25, 0.3) is 0 Å². The molecular formula is C26H30N8O3. The molecule has 1 N–H and O–H groups in total. The Bertz CT molecular complexity index is 1430. The molecule has 37 heavy (non-hydrogen) atoms. The number of fused-ring (bicyclic) bond motifs is 1. The van der Waals surface area contributed by atoms with E-state index in [4.69, 9.17) is 9.47 Å². The maximum atomic E-state index is 12.8. The number of anilines is 1. The number of aromatic nitrogens is 6. The van der Waals surface area contributed by atoms with Crippen LogP contribution in [-0.4, -0.2) is 73.2 Å². The van der Waals surface area contributed by atoms with Crippen molar-refractivity contribution < 1.29 is 14.3 Å². The van der Waals surface area contributed by atoms with Gasteiger partial charge < -0.3 is 14.8 Å². The van der Waals surface area contributed by atoms with Crippen molar-refractivity contribution in [1.29, 1.82) is 0 Å². The quantitative estimate of drug-likeness (QED) is 0.372. The number of nitrogens with zero attached hydrogens (tertiary/aromatic N) is 7. The highest BCUT2D eigenvalue weighted by atomic mass is 16.5. The van der Waals surface area contributed by atoms with Gasteiger partial charge in [0.05, 0.1) is 24.5 Å². The van der Waals surface area contributed by atoms with Crippen LogP contribution < -0.4 is 14.8 Å². The van der Waals surface area contributed by atoms with Crippen molar-refractivity contribution in [3.05, 3.63) is 48.4 Å². The fourth-order valence-corrected chi connectivity index (χ4v) is 5.01. The predicted molar refractivity (Wildman–Crippen MR) is 137 cm³/mol. The Hall–Kier alpha value is -3.99. The molecule has 0 aromatic carbocycles. The molecule has 0 radical (unpaired) electrons. The minimum Gasteiger partial charge on any atom is -0.488 e. The van der Waals surface area contributed by atoms with E-state index in [2.05, 4.69) is 37.5 Å². The largest absolute Gasteiger partial charge is 0.488 e. The lowest BCUT2D eigenvalue weighted by molar-refractivity contribution is -0.117. The molecule has 192 valence electrons. The van der Waals surface area contributed by atoms with Crippen molar-refractivity contribution in [1.82, 2.24) is 34.5 Å². The third kappa shape index (κ3) is 4.50. The standard InChI is InChI=1S/C26H30N8O3/c1-4-33-9-8-17(33)15-37-22-14-27-32(2)25(22)16-7-10-34-18(11-16)12-23(31-34)28-26(35)20-13-19(20)21-5-6-24(36-3)30-29-21/h5-7,10-12,14,17,19-20H,4,8-9,13,15H2,1-3H3,(H,28,31,35)/t17-,19-,20+/m1/s1. The molecule has 0 bridgehead atoms. The molecule has 2 fully saturated rings. The van der Waals surface area contributed by atoms with E-state index in [1.165, 1.54) is 0 Å². The molecule has 1 amide bonds. The fraction of sp³-hybridized carbons (Fsp3) is 0.423. The first-order valence-corrected chi connectivity index (χ1v) is 12.6. The van der Waals surface area contributed by atoms with E-state index in [1.807, 2.05) is 42.2 Å². The maximum Gasteiger partial charge on any atom is 0.233 e. The fourth-order valence-electron chi connectivity index (χ4n) is 5.01. The second-order valence-corrected chi connectivity index (χ2v) is 9.62. The number of carbonyl (C=O) groups excluding carboxylic acids is 1. The summed E-state index contributed by atoms with van der Waals surface area (Å²) >= 11 is 0. The minimum absolute atomic E-state index is 0.0642. The summed E-state index contributed by atoms with van der Waals surface area (Å²) in [6, 6.07) is 9.97. The molecule has 11 heteroatoms. The van der Waals surface area contributed by atoms with E-state index in [-0.39, 0.29) is 17.7 Å². The van der Waals surface area contributed by atoms with Gasteiger partial charge in [0.2, 0.25) is 11.8 Å². The van der Waals surface area contributed by atoms with Crippen LogP contribution in [0.3, 0.4) is 0 Å². The first kappa shape index (κ1) is 23.4.